The quantitative estimate of drug-likeness (QED) is 0.0165. The summed E-state index contributed by atoms with van der Waals surface area (Å²) in [6.45, 7) is 10.4. The van der Waals surface area contributed by atoms with Crippen molar-refractivity contribution in [3.05, 3.63) is 35.9 Å². The standard InChI is InChI=1S/C61H104N18O16S/c1-32(2)25-41(70-49(83)30-69-51(85)40(21-24-96-8)74-58(92)44(29-48(65)82)77-59(93)46(31-80)79-50(84)35(7)63)55(89)71-37(17-12-13-22-62)53(87)76-43(28-36-15-10-9-11-16-36)57(91)72-38(18-14-23-68-61(66)67)52(86)73-39(19-20-47(64)81)54(88)75-42(26-33(3)4)56(90)78-45(60(94)95)27-34(5)6/h9-11,15-16,32-35,37-46,80H,12-14,17-31,62-63H2,1-8H3,(H2,64,81)(H2,65,82)(H,69,85)(H,70,83)(H,71,89)(H,72,91)(H,73,86)(H,74,92)(H,75,88)(H,76,87)(H,77,93)(H,78,90)(H,79,84)(H,94,95)(H4,66,67,68)/t35-,37-,38-,39-,40-,41-,42-,43-,44-,45-,46-/m0/s1. The molecule has 540 valence electrons. The van der Waals surface area contributed by atoms with Gasteiger partial charge < -0.3 is 103 Å². The second-order valence-corrected chi connectivity index (χ2v) is 25.5. The Balaban J connectivity index is 3.66. The Morgan fingerprint density at radius 2 is 0.896 bits per heavy atom. The summed E-state index contributed by atoms with van der Waals surface area (Å²) in [5.41, 5.74) is 33.9. The van der Waals surface area contributed by atoms with E-state index in [9.17, 15) is 77.3 Å². The van der Waals surface area contributed by atoms with Crippen LogP contribution in [-0.2, 0) is 73.5 Å². The molecule has 0 saturated heterocycles. The van der Waals surface area contributed by atoms with Crippen LogP contribution in [0.1, 0.15) is 131 Å². The zero-order chi connectivity index (χ0) is 72.8. The summed E-state index contributed by atoms with van der Waals surface area (Å²) in [6, 6.07) is -7.18. The molecule has 13 amide bonds. The Morgan fingerprint density at radius 3 is 1.36 bits per heavy atom. The van der Waals surface area contributed by atoms with Crippen LogP contribution in [0.5, 0.6) is 0 Å². The first-order chi connectivity index (χ1) is 45.1. The fourth-order valence-electron chi connectivity index (χ4n) is 9.37. The van der Waals surface area contributed by atoms with Crippen LogP contribution >= 0.6 is 11.8 Å². The number of guanidine groups is 1. The van der Waals surface area contributed by atoms with Gasteiger partial charge in [-0.25, -0.2) is 4.79 Å². The number of amides is 13. The fraction of sp³-hybridized carbons (Fsp3) is 0.656. The second kappa shape index (κ2) is 45.6. The Bertz CT molecular complexity index is 2770. The van der Waals surface area contributed by atoms with Gasteiger partial charge in [-0.05, 0) is 113 Å². The van der Waals surface area contributed by atoms with Crippen LogP contribution in [0.4, 0.5) is 0 Å². The lowest BCUT2D eigenvalue weighted by Crippen LogP contribution is -2.60. The third-order valence-electron chi connectivity index (χ3n) is 14.3. The number of nitrogens with two attached hydrogens (primary N) is 6. The molecule has 0 aliphatic carbocycles. The molecule has 34 nitrogen and oxygen atoms in total. The highest BCUT2D eigenvalue weighted by atomic mass is 32.2. The van der Waals surface area contributed by atoms with E-state index < -0.39 is 175 Å². The van der Waals surface area contributed by atoms with Gasteiger partial charge in [0.25, 0.3) is 0 Å². The molecule has 0 aromatic heterocycles. The van der Waals surface area contributed by atoms with Crippen LogP contribution in [0, 0.1) is 17.8 Å². The van der Waals surface area contributed by atoms with E-state index in [2.05, 4.69) is 63.5 Å². The summed E-state index contributed by atoms with van der Waals surface area (Å²) in [4.78, 5) is 192. The molecular weight excluding hydrogens is 1270 g/mol. The van der Waals surface area contributed by atoms with Crippen molar-refractivity contribution >= 4 is 100 Å². The number of nitrogens with one attached hydrogen (secondary N) is 11. The number of thioether (sulfide) groups is 1. The largest absolute Gasteiger partial charge is 0.480 e. The number of carbonyl (C=O) groups is 14. The number of carbonyl (C=O) groups excluding carboxylic acids is 13. The average Bonchev–Trinajstić information content (AvgIpc) is 0.993. The summed E-state index contributed by atoms with van der Waals surface area (Å²) in [5.74, 6) is -13.8. The van der Waals surface area contributed by atoms with Gasteiger partial charge in [-0.3, -0.25) is 67.3 Å². The molecule has 0 aliphatic rings. The number of primary amides is 2. The Labute approximate surface area is 563 Å². The molecule has 35 heteroatoms. The molecule has 25 N–H and O–H groups in total. The third kappa shape index (κ3) is 35.2. The highest BCUT2D eigenvalue weighted by Crippen LogP contribution is 2.14. The number of aliphatic carboxylic acids is 1. The smallest absolute Gasteiger partial charge is 0.326 e. The molecule has 0 radical (unpaired) electrons. The summed E-state index contributed by atoms with van der Waals surface area (Å²) in [7, 11) is 0. The second-order valence-electron chi connectivity index (χ2n) is 24.5. The van der Waals surface area contributed by atoms with E-state index in [1.54, 1.807) is 78.1 Å². The van der Waals surface area contributed by atoms with Crippen LogP contribution < -0.4 is 92.9 Å². The predicted molar refractivity (Wildman–Crippen MR) is 357 cm³/mol. The minimum Gasteiger partial charge on any atom is -0.480 e. The normalized spacial score (nSPS) is 14.6. The molecule has 0 spiro atoms. The van der Waals surface area contributed by atoms with Gasteiger partial charge in [0.15, 0.2) is 5.96 Å². The number of unbranched alkanes of at least 4 members (excludes halogenated alkanes) is 1. The van der Waals surface area contributed by atoms with E-state index in [4.69, 9.17) is 34.4 Å². The van der Waals surface area contributed by atoms with Gasteiger partial charge >= 0.3 is 5.97 Å². The Kier molecular flexibility index (Phi) is 40.6. The first kappa shape index (κ1) is 85.3. The molecule has 1 aromatic rings. The number of nitrogens with zero attached hydrogens (tertiary/aromatic N) is 1. The van der Waals surface area contributed by atoms with Crippen molar-refractivity contribution in [2.24, 2.45) is 57.1 Å². The molecule has 0 bridgehead atoms. The molecule has 0 fully saturated rings. The lowest BCUT2D eigenvalue weighted by atomic mass is 9.99. The maximum absolute atomic E-state index is 14.7. The molecular formula is C61H104N18O16S. The molecule has 96 heavy (non-hydrogen) atoms. The average molecular weight is 1380 g/mol. The van der Waals surface area contributed by atoms with E-state index in [0.717, 1.165) is 0 Å². The number of aliphatic imine (C=N–C) groups is 1. The molecule has 0 aliphatic heterocycles. The van der Waals surface area contributed by atoms with E-state index in [1.807, 2.05) is 0 Å². The van der Waals surface area contributed by atoms with Gasteiger partial charge in [0.2, 0.25) is 76.8 Å². The van der Waals surface area contributed by atoms with Crippen LogP contribution in [0.3, 0.4) is 0 Å². The van der Waals surface area contributed by atoms with Gasteiger partial charge in [0.05, 0.1) is 25.6 Å². The number of benzene rings is 1. The minimum absolute atomic E-state index is 0.00430. The van der Waals surface area contributed by atoms with Crippen molar-refractivity contribution < 1.29 is 77.3 Å². The Hall–Kier alpha value is -8.70. The molecule has 11 atom stereocenters. The van der Waals surface area contributed by atoms with E-state index in [0.29, 0.717) is 12.0 Å². The van der Waals surface area contributed by atoms with Crippen molar-refractivity contribution in [2.75, 3.05) is 38.2 Å². The molecule has 0 unspecified atom stereocenters. The van der Waals surface area contributed by atoms with Gasteiger partial charge in [-0.2, -0.15) is 11.8 Å². The monoisotopic (exact) mass is 1380 g/mol. The topological polar surface area (TPSA) is 580 Å². The lowest BCUT2D eigenvalue weighted by molar-refractivity contribution is -0.143. The molecule has 1 rings (SSSR count). The zero-order valence-corrected chi connectivity index (χ0v) is 56.9. The van der Waals surface area contributed by atoms with Crippen LogP contribution in [0.25, 0.3) is 0 Å². The summed E-state index contributed by atoms with van der Waals surface area (Å²) in [6.07, 6.45) is 0.565. The highest BCUT2D eigenvalue weighted by Gasteiger charge is 2.36. The van der Waals surface area contributed by atoms with E-state index in [1.165, 1.54) is 18.7 Å². The van der Waals surface area contributed by atoms with Crippen molar-refractivity contribution in [2.45, 2.75) is 198 Å². The summed E-state index contributed by atoms with van der Waals surface area (Å²) < 4.78 is 0. The summed E-state index contributed by atoms with van der Waals surface area (Å²) in [5, 5.41) is 47.2. The van der Waals surface area contributed by atoms with Gasteiger partial charge in [-0.15, -0.1) is 0 Å². The first-order valence-electron chi connectivity index (χ1n) is 31.9. The first-order valence-corrected chi connectivity index (χ1v) is 33.3. The van der Waals surface area contributed by atoms with Crippen molar-refractivity contribution in [3.8, 4) is 0 Å². The summed E-state index contributed by atoms with van der Waals surface area (Å²) >= 11 is 1.30. The number of carboxylic acid groups (broad SMARTS) is 1. The third-order valence-corrected chi connectivity index (χ3v) is 15.0. The number of hydrogen-bond acceptors (Lipinski definition) is 19. The van der Waals surface area contributed by atoms with Gasteiger partial charge in [0.1, 0.15) is 60.4 Å². The predicted octanol–water partition coefficient (Wildman–Crippen LogP) is -5.17. The maximum atomic E-state index is 14.7. The van der Waals surface area contributed by atoms with Crippen LogP contribution in [0.2, 0.25) is 0 Å². The van der Waals surface area contributed by atoms with Crippen LogP contribution in [0.15, 0.2) is 35.3 Å². The van der Waals surface area contributed by atoms with E-state index >= 15 is 0 Å². The van der Waals surface area contributed by atoms with Crippen LogP contribution in [-0.4, -0.2) is 204 Å². The Morgan fingerprint density at radius 1 is 0.479 bits per heavy atom. The van der Waals surface area contributed by atoms with Crippen molar-refractivity contribution in [1.29, 1.82) is 0 Å². The number of carboxylic acids is 1. The minimum atomic E-state index is -1.70. The molecule has 1 aromatic carbocycles. The van der Waals surface area contributed by atoms with Crippen molar-refractivity contribution in [1.82, 2.24) is 58.5 Å². The van der Waals surface area contributed by atoms with Gasteiger partial charge in [0, 0.05) is 19.4 Å². The number of rotatable bonds is 48. The zero-order valence-electron chi connectivity index (χ0n) is 56.1. The van der Waals surface area contributed by atoms with E-state index in [-0.39, 0.29) is 107 Å². The van der Waals surface area contributed by atoms with Crippen molar-refractivity contribution in [3.63, 3.8) is 0 Å². The molecule has 0 saturated carbocycles. The fourth-order valence-corrected chi connectivity index (χ4v) is 9.85. The number of hydrogen-bond donors (Lipinski definition) is 19. The lowest BCUT2D eigenvalue weighted by Gasteiger charge is -2.28. The SMILES string of the molecule is CSCC[C@H](NC(=O)[C@H](CC(N)=O)NC(=O)[C@H](CO)NC(=O)[C@H](C)N)C(=O)NCC(=O)N[C@@H](CC(C)C)C(=O)N[C@@H](CCCCN)C(=O)N[C@@H](Cc1ccccc1)C(=O)N[C@@H](CCCN=C(N)N)C(=O)N[C@@H](CCC(N)=O)C(=O)N[C@@H](CC(C)C)C(=O)N[C@@H](CC(C)C)C(=O)O. The number of aliphatic hydroxyl groups excluding tert-OH is 1. The van der Waals surface area contributed by atoms with Gasteiger partial charge in [-0.1, -0.05) is 71.9 Å². The number of aliphatic hydroxyl groups is 1. The highest BCUT2D eigenvalue weighted by molar-refractivity contribution is 7.98. The molecule has 0 heterocycles. The maximum Gasteiger partial charge on any atom is 0.326 e.